The van der Waals surface area contributed by atoms with E-state index in [-0.39, 0.29) is 0 Å². The quantitative estimate of drug-likeness (QED) is 0.128. The maximum absolute atomic E-state index is 7.00. The van der Waals surface area contributed by atoms with E-state index in [4.69, 9.17) is 4.42 Å². The summed E-state index contributed by atoms with van der Waals surface area (Å²) in [5.41, 5.74) is 40.0. The Morgan fingerprint density at radius 3 is 0.831 bits per heavy atom. The first-order valence-corrected chi connectivity index (χ1v) is 24.0. The fourth-order valence-electron chi connectivity index (χ4n) is 12.5. The standard InChI is InChI=1S/C42H48B22O/c43-19-15(28(52)39(63)41-17(19)18-29(53)37(61)38(62)40(64)42(18)65-41)9-13-10(21(45)31(55)34(58)24(13)48)7(11-14(9)25(49)35(59)32(56)22(11)46)5-1-3-6(4-2-5)8-12-16(26(50)30(54)20(8)44)27(51)36(60)33(57)23(12)47/h1-4H,43-64H2. The minimum absolute atomic E-state index is 1.03. The zero-order chi connectivity index (χ0) is 47.5. The summed E-state index contributed by atoms with van der Waals surface area (Å²) in [6.07, 6.45) is 0. The van der Waals surface area contributed by atoms with Crippen LogP contribution in [0.4, 0.5) is 0 Å². The molecular weight excluding hydrogens is 758 g/mol. The van der Waals surface area contributed by atoms with Crippen LogP contribution in [-0.4, -0.2) is 173 Å². The van der Waals surface area contributed by atoms with E-state index in [1.807, 2.05) is 0 Å². The average molecular weight is 807 g/mol. The normalized spacial score (nSPS) is 11.8. The van der Waals surface area contributed by atoms with E-state index in [1.54, 1.807) is 0 Å². The maximum atomic E-state index is 7.00. The van der Waals surface area contributed by atoms with Crippen molar-refractivity contribution in [1.29, 1.82) is 0 Å². The molecule has 0 saturated heterocycles. The molecule has 0 unspecified atom stereocenters. The summed E-state index contributed by atoms with van der Waals surface area (Å²) in [6.45, 7) is 0. The molecule has 0 saturated carbocycles. The molecule has 0 fully saturated rings. The lowest BCUT2D eigenvalue weighted by Crippen LogP contribution is -2.52. The van der Waals surface area contributed by atoms with Crippen LogP contribution >= 0.6 is 0 Å². The highest BCUT2D eigenvalue weighted by Gasteiger charge is 2.29. The van der Waals surface area contributed by atoms with Crippen LogP contribution in [0.2, 0.25) is 0 Å². The number of rotatable bonds is 3. The van der Waals surface area contributed by atoms with Crippen LogP contribution in [0.3, 0.4) is 0 Å². The Labute approximate surface area is 406 Å². The van der Waals surface area contributed by atoms with Crippen molar-refractivity contribution < 1.29 is 4.42 Å². The van der Waals surface area contributed by atoms with Crippen molar-refractivity contribution in [3.8, 4) is 33.4 Å². The molecule has 0 spiro atoms. The van der Waals surface area contributed by atoms with Crippen molar-refractivity contribution in [2.75, 3.05) is 0 Å². The van der Waals surface area contributed by atoms with Gasteiger partial charge in [0.05, 0.1) is 0 Å². The molecule has 1 nitrogen and oxygen atoms in total. The Balaban J connectivity index is 1.48. The minimum atomic E-state index is 1.03. The van der Waals surface area contributed by atoms with Crippen LogP contribution in [0.15, 0.2) is 28.7 Å². The van der Waals surface area contributed by atoms with Gasteiger partial charge in [0.2, 0.25) is 0 Å². The Kier molecular flexibility index (Phi) is 11.1. The van der Waals surface area contributed by atoms with Crippen molar-refractivity contribution in [3.05, 3.63) is 24.3 Å². The van der Waals surface area contributed by atoms with E-state index in [0.717, 1.165) is 11.2 Å². The third-order valence-electron chi connectivity index (χ3n) is 18.2. The van der Waals surface area contributed by atoms with Gasteiger partial charge in [-0.05, 0) is 65.7 Å². The highest BCUT2D eigenvalue weighted by molar-refractivity contribution is 6.75. The molecule has 23 heteroatoms. The fraction of sp³-hybridized carbons (Fsp3) is 0. The molecule has 0 aliphatic rings. The smallest absolute Gasteiger partial charge is 0.143 e. The van der Waals surface area contributed by atoms with Crippen LogP contribution in [0.1, 0.15) is 0 Å². The van der Waals surface area contributed by atoms with Crippen molar-refractivity contribution in [1.82, 2.24) is 0 Å². The molecule has 0 radical (unpaired) electrons. The van der Waals surface area contributed by atoms with Gasteiger partial charge in [0.1, 0.15) is 184 Å². The van der Waals surface area contributed by atoms with E-state index < -0.39 is 0 Å². The first-order valence-electron chi connectivity index (χ1n) is 24.0. The highest BCUT2D eigenvalue weighted by Crippen LogP contribution is 2.41. The summed E-state index contributed by atoms with van der Waals surface area (Å²) in [5, 5.41) is 10.9. The van der Waals surface area contributed by atoms with Crippen molar-refractivity contribution >= 4 is 347 Å². The third kappa shape index (κ3) is 6.04. The summed E-state index contributed by atoms with van der Waals surface area (Å²) in [5.74, 6) is 0. The number of hydrogen-bond donors (Lipinski definition) is 0. The van der Waals surface area contributed by atoms with Gasteiger partial charge in [0.25, 0.3) is 0 Å². The lowest BCUT2D eigenvalue weighted by Gasteiger charge is -2.30. The molecule has 0 N–H and O–H groups in total. The summed E-state index contributed by atoms with van der Waals surface area (Å²) < 4.78 is 7.00. The zero-order valence-electron chi connectivity index (χ0n) is 43.7. The average Bonchev–Trinajstić information content (AvgIpc) is 3.70. The van der Waals surface area contributed by atoms with E-state index in [2.05, 4.69) is 197 Å². The van der Waals surface area contributed by atoms with Gasteiger partial charge < -0.3 is 4.42 Å². The topological polar surface area (TPSA) is 13.1 Å². The molecule has 8 aromatic carbocycles. The predicted octanol–water partition coefficient (Wildman–Crippen LogP) is -26.3. The summed E-state index contributed by atoms with van der Waals surface area (Å²) in [6, 6.07) is 9.75. The fourth-order valence-corrected chi connectivity index (χ4v) is 12.5. The molecule has 9 aromatic rings. The molecule has 9 rings (SSSR count). The Bertz CT molecular complexity index is 3640. The summed E-state index contributed by atoms with van der Waals surface area (Å²) >= 11 is 0. The van der Waals surface area contributed by atoms with Gasteiger partial charge in [-0.2, -0.15) is 0 Å². The number of fused-ring (bicyclic) bond motifs is 6. The van der Waals surface area contributed by atoms with Crippen molar-refractivity contribution in [2.45, 2.75) is 0 Å². The SMILES string of the molecule is Bc1c(B)c(B)c2c(oc3c(B)c(B)c(-c4c5c(B)c(B)c(B)c(B)c5c(-c5ccc(-c6c(B)c(B)c(B)c7c(B)c(B)c(B)c(B)c67)cc5)c5c(B)c(B)c(B)c(B)c45)c(B)c32)c1B. The van der Waals surface area contributed by atoms with Gasteiger partial charge >= 0.3 is 0 Å². The molecule has 0 atom stereocenters. The number of hydrogen-bond acceptors (Lipinski definition) is 1. The maximum Gasteiger partial charge on any atom is 0.143 e. The van der Waals surface area contributed by atoms with Crippen molar-refractivity contribution in [2.24, 2.45) is 0 Å². The van der Waals surface area contributed by atoms with E-state index in [9.17, 15) is 0 Å². The van der Waals surface area contributed by atoms with Gasteiger partial charge in [0, 0.05) is 10.8 Å². The molecule has 288 valence electrons. The van der Waals surface area contributed by atoms with E-state index in [0.29, 0.717) is 0 Å². The Hall–Kier alpha value is -4.23. The lowest BCUT2D eigenvalue weighted by molar-refractivity contribution is 0.675. The summed E-state index contributed by atoms with van der Waals surface area (Å²) in [4.78, 5) is 0. The van der Waals surface area contributed by atoms with Crippen LogP contribution < -0.4 is 120 Å². The second-order valence-corrected chi connectivity index (χ2v) is 20.6. The Morgan fingerprint density at radius 2 is 0.431 bits per heavy atom. The molecule has 1 heterocycles. The second kappa shape index (κ2) is 15.7. The summed E-state index contributed by atoms with van der Waals surface area (Å²) in [7, 11) is 51.2. The van der Waals surface area contributed by atoms with Gasteiger partial charge in [-0.1, -0.05) is 101 Å². The van der Waals surface area contributed by atoms with Crippen LogP contribution in [0.5, 0.6) is 0 Å². The molecule has 0 bridgehead atoms. The molecule has 0 amide bonds. The minimum Gasteiger partial charge on any atom is -0.457 e. The Morgan fingerprint density at radius 1 is 0.185 bits per heavy atom. The second-order valence-electron chi connectivity index (χ2n) is 20.6. The van der Waals surface area contributed by atoms with Gasteiger partial charge in [-0.15, -0.1) is 43.7 Å². The van der Waals surface area contributed by atoms with Gasteiger partial charge in [-0.25, -0.2) is 0 Å². The predicted molar refractivity (Wildman–Crippen MR) is 362 cm³/mol. The highest BCUT2D eigenvalue weighted by atomic mass is 16.3. The molecular formula is C42H48B22O. The van der Waals surface area contributed by atoms with Crippen LogP contribution in [0.25, 0.3) is 87.6 Å². The first-order chi connectivity index (χ1) is 30.5. The van der Waals surface area contributed by atoms with Crippen LogP contribution in [-0.2, 0) is 0 Å². The molecule has 0 aliphatic carbocycles. The molecule has 0 aliphatic heterocycles. The number of furan rings is 1. The van der Waals surface area contributed by atoms with E-state index in [1.165, 1.54) is 197 Å². The zero-order valence-corrected chi connectivity index (χ0v) is 43.7. The van der Waals surface area contributed by atoms with Gasteiger partial charge in [0.15, 0.2) is 0 Å². The number of benzene rings is 8. The lowest BCUT2D eigenvalue weighted by atomic mass is 9.58. The van der Waals surface area contributed by atoms with E-state index >= 15 is 0 Å². The first kappa shape index (κ1) is 45.9. The third-order valence-corrected chi connectivity index (χ3v) is 18.2. The molecule has 1 aromatic heterocycles. The van der Waals surface area contributed by atoms with Crippen molar-refractivity contribution in [3.63, 3.8) is 0 Å². The van der Waals surface area contributed by atoms with Gasteiger partial charge in [-0.3, -0.25) is 0 Å². The largest absolute Gasteiger partial charge is 0.457 e. The monoisotopic (exact) mass is 811 g/mol. The van der Waals surface area contributed by atoms with Crippen LogP contribution in [0, 0.1) is 0 Å². The molecule has 65 heavy (non-hydrogen) atoms.